The molecule has 4 heteroatoms. The summed E-state index contributed by atoms with van der Waals surface area (Å²) >= 11 is 1.81. The maximum absolute atomic E-state index is 5.40. The smallest absolute Gasteiger partial charge is 0.160 e. The summed E-state index contributed by atoms with van der Waals surface area (Å²) in [5.74, 6) is 0.704. The Balaban J connectivity index is 1.17. The summed E-state index contributed by atoms with van der Waals surface area (Å²) in [5, 5.41) is 5.75. The second-order valence-electron chi connectivity index (χ2n) is 15.0. The molecular formula is C54H37N3S. The molecule has 0 amide bonds. The van der Waals surface area contributed by atoms with E-state index in [1.165, 1.54) is 43.5 Å². The van der Waals surface area contributed by atoms with E-state index < -0.39 is 5.41 Å². The first-order chi connectivity index (χ1) is 28.7. The Labute approximate surface area is 342 Å². The molecule has 1 atom stereocenters. The first kappa shape index (κ1) is 34.4. The van der Waals surface area contributed by atoms with E-state index in [1.54, 1.807) is 0 Å². The molecule has 1 spiro atoms. The quantitative estimate of drug-likeness (QED) is 0.168. The SMILES string of the molecule is C1=CSc2ccccc2C2(/C=C/CC1)c1cc(-c3nc(-c4ccccc4)cc(-c4cccc5ccccc45)n3)ccc1-c1ccc(-c3cccc4cccnc34)cc12. The van der Waals surface area contributed by atoms with Crippen LogP contribution in [-0.2, 0) is 5.41 Å². The normalized spacial score (nSPS) is 16.2. The van der Waals surface area contributed by atoms with Gasteiger partial charge in [-0.15, -0.1) is 0 Å². The van der Waals surface area contributed by atoms with E-state index in [1.807, 2.05) is 24.0 Å². The summed E-state index contributed by atoms with van der Waals surface area (Å²) in [7, 11) is 0. The fourth-order valence-electron chi connectivity index (χ4n) is 9.02. The zero-order valence-corrected chi connectivity index (χ0v) is 32.5. The van der Waals surface area contributed by atoms with Crippen LogP contribution >= 0.6 is 11.8 Å². The zero-order valence-electron chi connectivity index (χ0n) is 31.7. The molecule has 0 fully saturated rings. The van der Waals surface area contributed by atoms with Crippen LogP contribution in [0.5, 0.6) is 0 Å². The van der Waals surface area contributed by atoms with Crippen LogP contribution in [0.4, 0.5) is 0 Å². The molecule has 0 saturated carbocycles. The fourth-order valence-corrected chi connectivity index (χ4v) is 9.91. The number of rotatable bonds is 4. The molecule has 3 heterocycles. The van der Waals surface area contributed by atoms with E-state index in [4.69, 9.17) is 15.0 Å². The van der Waals surface area contributed by atoms with Crippen molar-refractivity contribution in [2.75, 3.05) is 0 Å². The van der Waals surface area contributed by atoms with Crippen LogP contribution in [0.2, 0.25) is 0 Å². The summed E-state index contributed by atoms with van der Waals surface area (Å²) < 4.78 is 0. The molecule has 2 aliphatic rings. The van der Waals surface area contributed by atoms with Crippen LogP contribution in [0.1, 0.15) is 29.5 Å². The third-order valence-corrected chi connectivity index (χ3v) is 12.7. The molecule has 0 radical (unpaired) electrons. The van der Waals surface area contributed by atoms with Gasteiger partial charge in [-0.2, -0.15) is 0 Å². The van der Waals surface area contributed by atoms with E-state index >= 15 is 0 Å². The molecule has 1 aliphatic carbocycles. The van der Waals surface area contributed by atoms with Crippen molar-refractivity contribution in [2.45, 2.75) is 23.2 Å². The lowest BCUT2D eigenvalue weighted by molar-refractivity contribution is 0.776. The van der Waals surface area contributed by atoms with Gasteiger partial charge in [0.25, 0.3) is 0 Å². The molecule has 58 heavy (non-hydrogen) atoms. The lowest BCUT2D eigenvalue weighted by atomic mass is 9.71. The van der Waals surface area contributed by atoms with E-state index in [2.05, 4.69) is 187 Å². The van der Waals surface area contributed by atoms with Gasteiger partial charge in [-0.3, -0.25) is 4.98 Å². The van der Waals surface area contributed by atoms with Crippen molar-refractivity contribution >= 4 is 33.4 Å². The van der Waals surface area contributed by atoms with Crippen LogP contribution in [0.25, 0.3) is 77.8 Å². The number of para-hydroxylation sites is 1. The van der Waals surface area contributed by atoms with E-state index in [0.29, 0.717) is 5.82 Å². The third-order valence-electron chi connectivity index (χ3n) is 11.7. The summed E-state index contributed by atoms with van der Waals surface area (Å²) in [4.78, 5) is 16.8. The lowest BCUT2D eigenvalue weighted by Crippen LogP contribution is -2.25. The van der Waals surface area contributed by atoms with E-state index in [9.17, 15) is 0 Å². The molecule has 3 nitrogen and oxygen atoms in total. The molecule has 1 aliphatic heterocycles. The number of hydrogen-bond acceptors (Lipinski definition) is 4. The summed E-state index contributed by atoms with van der Waals surface area (Å²) in [6.45, 7) is 0. The number of pyridine rings is 1. The summed E-state index contributed by atoms with van der Waals surface area (Å²) in [6.07, 6.45) is 11.0. The molecule has 9 aromatic rings. The molecule has 11 rings (SSSR count). The average molecular weight is 760 g/mol. The number of allylic oxidation sites excluding steroid dienone is 3. The molecular weight excluding hydrogens is 723 g/mol. The van der Waals surface area contributed by atoms with Gasteiger partial charge in [0.2, 0.25) is 0 Å². The number of aromatic nitrogens is 3. The number of fused-ring (bicyclic) bond motifs is 9. The molecule has 1 unspecified atom stereocenters. The summed E-state index contributed by atoms with van der Waals surface area (Å²) in [5.41, 5.74) is 13.9. The number of nitrogens with zero attached hydrogens (tertiary/aromatic N) is 3. The van der Waals surface area contributed by atoms with Crippen LogP contribution in [0, 0.1) is 0 Å². The lowest BCUT2D eigenvalue weighted by Gasteiger charge is -2.32. The number of benzene rings is 7. The van der Waals surface area contributed by atoms with E-state index in [-0.39, 0.29) is 0 Å². The Hall–Kier alpha value is -6.88. The first-order valence-electron chi connectivity index (χ1n) is 19.9. The zero-order chi connectivity index (χ0) is 38.5. The largest absolute Gasteiger partial charge is 0.256 e. The van der Waals surface area contributed by atoms with Gasteiger partial charge >= 0.3 is 0 Å². The van der Waals surface area contributed by atoms with E-state index in [0.717, 1.165) is 62.9 Å². The molecule has 2 aromatic heterocycles. The Morgan fingerprint density at radius 3 is 2.05 bits per heavy atom. The molecule has 274 valence electrons. The van der Waals surface area contributed by atoms with Crippen molar-refractivity contribution in [1.82, 2.24) is 15.0 Å². The highest BCUT2D eigenvalue weighted by molar-refractivity contribution is 8.02. The first-order valence-corrected chi connectivity index (χ1v) is 20.8. The Kier molecular flexibility index (Phi) is 8.45. The minimum Gasteiger partial charge on any atom is -0.256 e. The predicted octanol–water partition coefficient (Wildman–Crippen LogP) is 14.1. The molecule has 0 bridgehead atoms. The van der Waals surface area contributed by atoms with Crippen molar-refractivity contribution in [3.05, 3.63) is 216 Å². The average Bonchev–Trinajstić information content (AvgIpc) is 3.57. The van der Waals surface area contributed by atoms with Gasteiger partial charge in [-0.1, -0.05) is 170 Å². The van der Waals surface area contributed by atoms with Crippen LogP contribution in [0.3, 0.4) is 0 Å². The highest BCUT2D eigenvalue weighted by Gasteiger charge is 2.44. The van der Waals surface area contributed by atoms with Gasteiger partial charge in [0.1, 0.15) is 0 Å². The van der Waals surface area contributed by atoms with Crippen molar-refractivity contribution < 1.29 is 0 Å². The Bertz CT molecular complexity index is 3100. The van der Waals surface area contributed by atoms with Gasteiger partial charge in [-0.05, 0) is 92.7 Å². The Morgan fingerprint density at radius 2 is 1.16 bits per heavy atom. The highest BCUT2D eigenvalue weighted by Crippen LogP contribution is 2.57. The highest BCUT2D eigenvalue weighted by atomic mass is 32.2. The van der Waals surface area contributed by atoms with Crippen LogP contribution in [-0.4, -0.2) is 15.0 Å². The topological polar surface area (TPSA) is 38.7 Å². The number of thioether (sulfide) groups is 1. The van der Waals surface area contributed by atoms with Crippen molar-refractivity contribution in [1.29, 1.82) is 0 Å². The van der Waals surface area contributed by atoms with Crippen molar-refractivity contribution in [3.63, 3.8) is 0 Å². The van der Waals surface area contributed by atoms with Crippen molar-refractivity contribution in [2.24, 2.45) is 0 Å². The maximum Gasteiger partial charge on any atom is 0.160 e. The fraction of sp³-hybridized carbons (Fsp3) is 0.0556. The maximum atomic E-state index is 5.40. The second kappa shape index (κ2) is 14.3. The van der Waals surface area contributed by atoms with Gasteiger partial charge in [0.15, 0.2) is 5.82 Å². The minimum atomic E-state index is -0.570. The summed E-state index contributed by atoms with van der Waals surface area (Å²) in [6, 6.07) is 61.1. The standard InChI is InChI=1S/C54H37N3S/c1-2-11-32-58-51-25-9-8-24-46(51)54(30-10-1)47-33-39(42-22-13-19-38-20-14-31-55-52(38)42)26-28-43(47)44-29-27-40(34-48(44)54)53-56-49(37-16-4-3-5-17-37)35-50(57-53)45-23-12-18-36-15-6-7-21-41(36)45/h3-35H,1-2H2/b30-10+,32-11?. The molecule has 0 saturated heterocycles. The van der Waals surface area contributed by atoms with Gasteiger partial charge in [-0.25, -0.2) is 9.97 Å². The minimum absolute atomic E-state index is 0.570. The van der Waals surface area contributed by atoms with Gasteiger partial charge < -0.3 is 0 Å². The predicted molar refractivity (Wildman–Crippen MR) is 242 cm³/mol. The van der Waals surface area contributed by atoms with Crippen LogP contribution < -0.4 is 0 Å². The molecule has 7 aromatic carbocycles. The second-order valence-corrected chi connectivity index (χ2v) is 16.0. The van der Waals surface area contributed by atoms with Crippen LogP contribution in [0.15, 0.2) is 205 Å². The monoisotopic (exact) mass is 759 g/mol. The van der Waals surface area contributed by atoms with Crippen molar-refractivity contribution in [3.8, 4) is 56.2 Å². The third kappa shape index (κ3) is 5.71. The van der Waals surface area contributed by atoms with Gasteiger partial charge in [0, 0.05) is 38.7 Å². The Morgan fingerprint density at radius 1 is 0.466 bits per heavy atom. The number of hydrogen-bond donors (Lipinski definition) is 0. The van der Waals surface area contributed by atoms with Gasteiger partial charge in [0.05, 0.1) is 22.3 Å². The molecule has 0 N–H and O–H groups in total.